The number of hydrogen-bond acceptors (Lipinski definition) is 6. The minimum absolute atomic E-state index is 0.0578. The molecule has 0 saturated carbocycles. The first-order valence-corrected chi connectivity index (χ1v) is 7.69. The van der Waals surface area contributed by atoms with E-state index in [-0.39, 0.29) is 29.4 Å². The van der Waals surface area contributed by atoms with Crippen LogP contribution in [-0.4, -0.2) is 32.5 Å². The van der Waals surface area contributed by atoms with Crippen LogP contribution in [0.15, 0.2) is 42.5 Å². The maximum absolute atomic E-state index is 11.2. The maximum atomic E-state index is 11.2. The largest absolute Gasteiger partial charge is 0.346 e. The van der Waals surface area contributed by atoms with Gasteiger partial charge in [-0.05, 0) is 38.6 Å². The van der Waals surface area contributed by atoms with E-state index in [0.717, 1.165) is 5.56 Å². The molecule has 2 atom stereocenters. The quantitative estimate of drug-likeness (QED) is 0.506. The van der Waals surface area contributed by atoms with Crippen molar-refractivity contribution in [2.75, 3.05) is 6.54 Å². The summed E-state index contributed by atoms with van der Waals surface area (Å²) in [4.78, 5) is 16.8. The topological polar surface area (TPSA) is 74.5 Å². The number of hydrogen-bond donors (Lipinski definition) is 1. The Balaban J connectivity index is 2.19. The lowest BCUT2D eigenvalue weighted by Gasteiger charge is -2.40. The van der Waals surface area contributed by atoms with Gasteiger partial charge < -0.3 is 4.90 Å². The van der Waals surface area contributed by atoms with Gasteiger partial charge in [-0.3, -0.25) is 15.1 Å². The molecule has 2 unspecified atom stereocenters. The lowest BCUT2D eigenvalue weighted by molar-refractivity contribution is -0.431. The molecular weight excluding hydrogens is 318 g/mol. The van der Waals surface area contributed by atoms with Crippen molar-refractivity contribution in [3.63, 3.8) is 0 Å². The van der Waals surface area contributed by atoms with Gasteiger partial charge in [0.1, 0.15) is 17.9 Å². The Morgan fingerprint density at radius 2 is 2.30 bits per heavy atom. The summed E-state index contributed by atoms with van der Waals surface area (Å²) in [6.45, 7) is 6.10. The van der Waals surface area contributed by atoms with Crippen molar-refractivity contribution in [1.82, 2.24) is 20.3 Å². The summed E-state index contributed by atoms with van der Waals surface area (Å²) in [5.74, 6) is 0. The Morgan fingerprint density at radius 3 is 2.87 bits per heavy atom. The number of nitro groups is 1. The van der Waals surface area contributed by atoms with Gasteiger partial charge in [-0.2, -0.15) is 0 Å². The summed E-state index contributed by atoms with van der Waals surface area (Å²) in [7, 11) is 0. The average Bonchev–Trinajstić information content (AvgIpc) is 2.51. The molecule has 8 heteroatoms. The molecule has 1 aliphatic rings. The zero-order valence-electron chi connectivity index (χ0n) is 13.3. The first-order chi connectivity index (χ1) is 10.9. The van der Waals surface area contributed by atoms with Crippen molar-refractivity contribution in [2.24, 2.45) is 0 Å². The van der Waals surface area contributed by atoms with Crippen LogP contribution in [-0.2, 0) is 0 Å². The van der Waals surface area contributed by atoms with Crippen LogP contribution in [0.1, 0.15) is 32.4 Å². The average molecular weight is 338 g/mol. The fraction of sp³-hybridized carbons (Fsp3) is 0.400. The number of halogens is 1. The molecule has 2 heterocycles. The van der Waals surface area contributed by atoms with Gasteiger partial charge in [-0.15, -0.1) is 0 Å². The van der Waals surface area contributed by atoms with Gasteiger partial charge in [0.2, 0.25) is 0 Å². The van der Waals surface area contributed by atoms with Crippen LogP contribution in [0.5, 0.6) is 0 Å². The van der Waals surface area contributed by atoms with E-state index in [2.05, 4.69) is 10.4 Å². The summed E-state index contributed by atoms with van der Waals surface area (Å²) < 4.78 is 0. The predicted octanol–water partition coefficient (Wildman–Crippen LogP) is 2.92. The van der Waals surface area contributed by atoms with E-state index in [1.165, 1.54) is 0 Å². The van der Waals surface area contributed by atoms with Gasteiger partial charge in [-0.1, -0.05) is 23.7 Å². The standard InChI is InChI=1S/C15H20ClN5O2/c1-4-7-19-9-14(21(22)23)10-20(12(19)3)18-11(2)13-5-6-15(16)17-8-13/h4-8,10-12,18H,9H2,1-3H3/b7-4+. The van der Waals surface area contributed by atoms with Crippen LogP contribution in [0.3, 0.4) is 0 Å². The molecular formula is C15H20ClN5O2. The molecule has 0 fully saturated rings. The van der Waals surface area contributed by atoms with Crippen LogP contribution < -0.4 is 5.43 Å². The lowest BCUT2D eigenvalue weighted by Crippen LogP contribution is -2.53. The second-order valence-electron chi connectivity index (χ2n) is 5.34. The van der Waals surface area contributed by atoms with Crippen molar-refractivity contribution in [3.05, 3.63) is 63.3 Å². The Morgan fingerprint density at radius 1 is 1.57 bits per heavy atom. The second kappa shape index (κ2) is 7.43. The molecule has 124 valence electrons. The summed E-state index contributed by atoms with van der Waals surface area (Å²) in [6, 6.07) is 3.53. The highest BCUT2D eigenvalue weighted by Gasteiger charge is 2.29. The highest BCUT2D eigenvalue weighted by Crippen LogP contribution is 2.20. The predicted molar refractivity (Wildman–Crippen MR) is 88.7 cm³/mol. The second-order valence-corrected chi connectivity index (χ2v) is 5.72. The number of nitrogens with zero attached hydrogens (tertiary/aromatic N) is 4. The van der Waals surface area contributed by atoms with E-state index >= 15 is 0 Å². The molecule has 1 aromatic heterocycles. The molecule has 0 aliphatic carbocycles. The lowest BCUT2D eigenvalue weighted by atomic mass is 10.1. The summed E-state index contributed by atoms with van der Waals surface area (Å²) >= 11 is 5.80. The fourth-order valence-corrected chi connectivity index (χ4v) is 2.46. The number of aromatic nitrogens is 1. The SMILES string of the molecule is C/C=C/N1CC([N+](=O)[O-])=CN(NC(C)c2ccc(Cl)nc2)C1C. The minimum Gasteiger partial charge on any atom is -0.346 e. The van der Waals surface area contributed by atoms with Gasteiger partial charge >= 0.3 is 0 Å². The Kier molecular flexibility index (Phi) is 5.57. The summed E-state index contributed by atoms with van der Waals surface area (Å²) in [5.41, 5.74) is 4.35. The van der Waals surface area contributed by atoms with Gasteiger partial charge in [0, 0.05) is 12.2 Å². The number of pyridine rings is 1. The third kappa shape index (κ3) is 4.20. The molecule has 0 spiro atoms. The van der Waals surface area contributed by atoms with E-state index in [1.807, 2.05) is 44.0 Å². The summed E-state index contributed by atoms with van der Waals surface area (Å²) in [5, 5.41) is 13.3. The molecule has 2 rings (SSSR count). The van der Waals surface area contributed by atoms with Crippen LogP contribution in [0.2, 0.25) is 5.15 Å². The Hall–Kier alpha value is -2.12. The van der Waals surface area contributed by atoms with E-state index in [1.54, 1.807) is 23.5 Å². The van der Waals surface area contributed by atoms with Crippen molar-refractivity contribution >= 4 is 11.6 Å². The van der Waals surface area contributed by atoms with E-state index < -0.39 is 0 Å². The van der Waals surface area contributed by atoms with E-state index in [9.17, 15) is 10.1 Å². The maximum Gasteiger partial charge on any atom is 0.282 e. The third-order valence-electron chi connectivity index (χ3n) is 3.68. The summed E-state index contributed by atoms with van der Waals surface area (Å²) in [6.07, 6.45) is 6.90. The monoisotopic (exact) mass is 337 g/mol. The number of rotatable bonds is 5. The number of allylic oxidation sites excluding steroid dienone is 1. The zero-order valence-corrected chi connectivity index (χ0v) is 14.1. The number of hydrazine groups is 1. The molecule has 0 aromatic carbocycles. The first-order valence-electron chi connectivity index (χ1n) is 7.32. The van der Waals surface area contributed by atoms with Crippen LogP contribution in [0.4, 0.5) is 0 Å². The first kappa shape index (κ1) is 17.2. The molecule has 1 aromatic rings. The van der Waals surface area contributed by atoms with Crippen LogP contribution in [0, 0.1) is 10.1 Å². The van der Waals surface area contributed by atoms with Crippen molar-refractivity contribution < 1.29 is 4.92 Å². The Bertz CT molecular complexity index is 617. The van der Waals surface area contributed by atoms with E-state index in [0.29, 0.717) is 5.15 Å². The fourth-order valence-electron chi connectivity index (χ4n) is 2.35. The van der Waals surface area contributed by atoms with Crippen molar-refractivity contribution in [2.45, 2.75) is 33.0 Å². The molecule has 0 amide bonds. The van der Waals surface area contributed by atoms with Crippen LogP contribution in [0.25, 0.3) is 0 Å². The third-order valence-corrected chi connectivity index (χ3v) is 3.91. The van der Waals surface area contributed by atoms with Gasteiger partial charge in [0.15, 0.2) is 0 Å². The highest BCUT2D eigenvalue weighted by molar-refractivity contribution is 6.29. The molecule has 7 nitrogen and oxygen atoms in total. The highest BCUT2D eigenvalue weighted by atomic mass is 35.5. The van der Waals surface area contributed by atoms with E-state index in [4.69, 9.17) is 11.6 Å². The zero-order chi connectivity index (χ0) is 17.0. The van der Waals surface area contributed by atoms with Gasteiger partial charge in [-0.25, -0.2) is 10.4 Å². The van der Waals surface area contributed by atoms with Crippen LogP contribution >= 0.6 is 11.6 Å². The number of nitrogens with one attached hydrogen (secondary N) is 1. The molecule has 1 N–H and O–H groups in total. The smallest absolute Gasteiger partial charge is 0.282 e. The normalized spacial score (nSPS) is 19.8. The van der Waals surface area contributed by atoms with Gasteiger partial charge in [0.05, 0.1) is 11.1 Å². The Labute approximate surface area is 140 Å². The molecule has 1 aliphatic heterocycles. The van der Waals surface area contributed by atoms with Crippen molar-refractivity contribution in [3.8, 4) is 0 Å². The molecule has 0 saturated heterocycles. The molecule has 0 bridgehead atoms. The van der Waals surface area contributed by atoms with Crippen molar-refractivity contribution in [1.29, 1.82) is 0 Å². The molecule has 23 heavy (non-hydrogen) atoms. The van der Waals surface area contributed by atoms with Gasteiger partial charge in [0.25, 0.3) is 5.70 Å². The minimum atomic E-state index is -0.356. The molecule has 0 radical (unpaired) electrons.